The van der Waals surface area contributed by atoms with Crippen molar-refractivity contribution in [3.8, 4) is 16.9 Å². The van der Waals surface area contributed by atoms with Gasteiger partial charge in [-0.2, -0.15) is 0 Å². The highest BCUT2D eigenvalue weighted by molar-refractivity contribution is 14.1. The summed E-state index contributed by atoms with van der Waals surface area (Å²) >= 11 is 2.40. The summed E-state index contributed by atoms with van der Waals surface area (Å²) in [5.41, 5.74) is 2.43. The van der Waals surface area contributed by atoms with Gasteiger partial charge in [-0.3, -0.25) is 0 Å². The third kappa shape index (κ3) is 5.01. The molecule has 2 heteroatoms. The van der Waals surface area contributed by atoms with E-state index in [-0.39, 0.29) is 6.10 Å². The van der Waals surface area contributed by atoms with Crippen LogP contribution in [0.25, 0.3) is 11.1 Å². The minimum Gasteiger partial charge on any atom is -0.490 e. The van der Waals surface area contributed by atoms with E-state index >= 15 is 0 Å². The topological polar surface area (TPSA) is 9.23 Å². The second-order valence-electron chi connectivity index (χ2n) is 5.76. The Balaban J connectivity index is 2.09. The standard InChI is InChI=1S/C20H25IO/c1-3-4-5-7-11-16(2)22-19-15-10-14-18(21)20(19)17-12-8-6-9-13-17/h6,8-10,12-16H,3-5,7,11H2,1-2H3. The van der Waals surface area contributed by atoms with Crippen molar-refractivity contribution in [2.75, 3.05) is 0 Å². The van der Waals surface area contributed by atoms with Crippen LogP contribution in [0, 0.1) is 3.57 Å². The van der Waals surface area contributed by atoms with Gasteiger partial charge in [0.2, 0.25) is 0 Å². The molecule has 2 aromatic carbocycles. The Labute approximate surface area is 148 Å². The van der Waals surface area contributed by atoms with Crippen molar-refractivity contribution in [3.63, 3.8) is 0 Å². The van der Waals surface area contributed by atoms with Crippen LogP contribution in [0.5, 0.6) is 5.75 Å². The predicted octanol–water partition coefficient (Wildman–Crippen LogP) is 6.70. The average molecular weight is 408 g/mol. The second kappa shape index (κ2) is 9.19. The van der Waals surface area contributed by atoms with Gasteiger partial charge in [-0.25, -0.2) is 0 Å². The van der Waals surface area contributed by atoms with Crippen LogP contribution >= 0.6 is 22.6 Å². The fourth-order valence-corrected chi connectivity index (χ4v) is 3.41. The number of hydrogen-bond donors (Lipinski definition) is 0. The predicted molar refractivity (Wildman–Crippen MR) is 103 cm³/mol. The Hall–Kier alpha value is -1.03. The molecule has 0 aliphatic rings. The zero-order valence-electron chi connectivity index (χ0n) is 13.5. The molecule has 0 aliphatic heterocycles. The van der Waals surface area contributed by atoms with Gasteiger partial charge in [-0.15, -0.1) is 0 Å². The van der Waals surface area contributed by atoms with Crippen LogP contribution < -0.4 is 4.74 Å². The van der Waals surface area contributed by atoms with Gasteiger partial charge in [0.05, 0.1) is 6.10 Å². The monoisotopic (exact) mass is 408 g/mol. The van der Waals surface area contributed by atoms with E-state index < -0.39 is 0 Å². The van der Waals surface area contributed by atoms with Crippen molar-refractivity contribution in [3.05, 3.63) is 52.1 Å². The van der Waals surface area contributed by atoms with Crippen LogP contribution in [0.1, 0.15) is 46.0 Å². The maximum absolute atomic E-state index is 6.26. The fourth-order valence-electron chi connectivity index (χ4n) is 2.62. The molecule has 2 aromatic rings. The summed E-state index contributed by atoms with van der Waals surface area (Å²) in [4.78, 5) is 0. The zero-order chi connectivity index (χ0) is 15.8. The molecule has 0 aromatic heterocycles. The highest BCUT2D eigenvalue weighted by atomic mass is 127. The zero-order valence-corrected chi connectivity index (χ0v) is 15.7. The number of unbranched alkanes of at least 4 members (excludes halogenated alkanes) is 3. The van der Waals surface area contributed by atoms with E-state index in [2.05, 4.69) is 85.0 Å². The molecule has 0 fully saturated rings. The van der Waals surface area contributed by atoms with Crippen molar-refractivity contribution < 1.29 is 4.74 Å². The fraction of sp³-hybridized carbons (Fsp3) is 0.400. The summed E-state index contributed by atoms with van der Waals surface area (Å²) < 4.78 is 7.49. The van der Waals surface area contributed by atoms with Crippen molar-refractivity contribution in [1.29, 1.82) is 0 Å². The molecule has 118 valence electrons. The van der Waals surface area contributed by atoms with Crippen LogP contribution in [-0.2, 0) is 0 Å². The van der Waals surface area contributed by atoms with Crippen molar-refractivity contribution >= 4 is 22.6 Å². The second-order valence-corrected chi connectivity index (χ2v) is 6.92. The first-order chi connectivity index (χ1) is 10.7. The summed E-state index contributed by atoms with van der Waals surface area (Å²) in [6.07, 6.45) is 6.55. The van der Waals surface area contributed by atoms with Gasteiger partial charge in [0.25, 0.3) is 0 Å². The van der Waals surface area contributed by atoms with Crippen LogP contribution in [0.3, 0.4) is 0 Å². The molecule has 0 radical (unpaired) electrons. The Kier molecular flexibility index (Phi) is 7.23. The lowest BCUT2D eigenvalue weighted by Crippen LogP contribution is -2.12. The van der Waals surface area contributed by atoms with Crippen molar-refractivity contribution in [1.82, 2.24) is 0 Å². The van der Waals surface area contributed by atoms with Gasteiger partial charge in [0.15, 0.2) is 0 Å². The number of halogens is 1. The first kappa shape index (κ1) is 17.3. The first-order valence-corrected chi connectivity index (χ1v) is 9.30. The maximum atomic E-state index is 6.26. The average Bonchev–Trinajstić information content (AvgIpc) is 2.53. The molecular formula is C20H25IO. The first-order valence-electron chi connectivity index (χ1n) is 8.23. The molecule has 0 spiro atoms. The summed E-state index contributed by atoms with van der Waals surface area (Å²) in [5, 5.41) is 0. The van der Waals surface area contributed by atoms with E-state index in [1.54, 1.807) is 0 Å². The SMILES string of the molecule is CCCCCCC(C)Oc1cccc(I)c1-c1ccccc1. The Morgan fingerprint density at radius 3 is 2.45 bits per heavy atom. The normalized spacial score (nSPS) is 12.1. The van der Waals surface area contributed by atoms with Gasteiger partial charge in [-0.05, 0) is 60.1 Å². The maximum Gasteiger partial charge on any atom is 0.128 e. The molecule has 22 heavy (non-hydrogen) atoms. The van der Waals surface area contributed by atoms with E-state index in [4.69, 9.17) is 4.74 Å². The Morgan fingerprint density at radius 2 is 1.73 bits per heavy atom. The molecule has 0 saturated carbocycles. The molecule has 0 saturated heterocycles. The van der Waals surface area contributed by atoms with E-state index in [1.165, 1.54) is 40.4 Å². The van der Waals surface area contributed by atoms with Crippen LogP contribution in [-0.4, -0.2) is 6.10 Å². The number of ether oxygens (including phenoxy) is 1. The van der Waals surface area contributed by atoms with E-state index in [9.17, 15) is 0 Å². The number of benzene rings is 2. The van der Waals surface area contributed by atoms with E-state index in [1.807, 2.05) is 0 Å². The molecular weight excluding hydrogens is 383 g/mol. The highest BCUT2D eigenvalue weighted by Gasteiger charge is 2.12. The largest absolute Gasteiger partial charge is 0.490 e. The van der Waals surface area contributed by atoms with Gasteiger partial charge in [0, 0.05) is 9.13 Å². The summed E-state index contributed by atoms with van der Waals surface area (Å²) in [6.45, 7) is 4.43. The third-order valence-corrected chi connectivity index (χ3v) is 4.73. The molecule has 1 atom stereocenters. The quantitative estimate of drug-likeness (QED) is 0.349. The minimum absolute atomic E-state index is 0.262. The molecule has 1 unspecified atom stereocenters. The van der Waals surface area contributed by atoms with Crippen molar-refractivity contribution in [2.24, 2.45) is 0 Å². The van der Waals surface area contributed by atoms with Crippen LogP contribution in [0.4, 0.5) is 0 Å². The van der Waals surface area contributed by atoms with Crippen LogP contribution in [0.15, 0.2) is 48.5 Å². The van der Waals surface area contributed by atoms with Gasteiger partial charge in [-0.1, -0.05) is 62.6 Å². The minimum atomic E-state index is 0.262. The highest BCUT2D eigenvalue weighted by Crippen LogP contribution is 2.35. The molecule has 0 heterocycles. The van der Waals surface area contributed by atoms with Crippen LogP contribution in [0.2, 0.25) is 0 Å². The van der Waals surface area contributed by atoms with E-state index in [0.29, 0.717) is 0 Å². The Bertz CT molecular complexity index is 565. The van der Waals surface area contributed by atoms with E-state index in [0.717, 1.165) is 12.2 Å². The summed E-state index contributed by atoms with van der Waals surface area (Å²) in [5.74, 6) is 1.00. The molecule has 0 N–H and O–H groups in total. The van der Waals surface area contributed by atoms with Gasteiger partial charge < -0.3 is 4.74 Å². The lowest BCUT2D eigenvalue weighted by molar-refractivity contribution is 0.207. The molecule has 0 bridgehead atoms. The summed E-state index contributed by atoms with van der Waals surface area (Å²) in [6, 6.07) is 16.8. The lowest BCUT2D eigenvalue weighted by Gasteiger charge is -2.18. The molecule has 1 nitrogen and oxygen atoms in total. The number of hydrogen-bond acceptors (Lipinski definition) is 1. The van der Waals surface area contributed by atoms with Crippen molar-refractivity contribution in [2.45, 2.75) is 52.1 Å². The lowest BCUT2D eigenvalue weighted by atomic mass is 10.0. The molecule has 0 aliphatic carbocycles. The van der Waals surface area contributed by atoms with Gasteiger partial charge >= 0.3 is 0 Å². The number of rotatable bonds is 8. The molecule has 0 amide bonds. The Morgan fingerprint density at radius 1 is 0.955 bits per heavy atom. The molecule has 2 rings (SSSR count). The van der Waals surface area contributed by atoms with Gasteiger partial charge in [0.1, 0.15) is 5.75 Å². The third-order valence-electron chi connectivity index (χ3n) is 3.83. The smallest absolute Gasteiger partial charge is 0.128 e. The summed E-state index contributed by atoms with van der Waals surface area (Å²) in [7, 11) is 0.